The minimum absolute atomic E-state index is 0.0372. The van der Waals surface area contributed by atoms with Crippen molar-refractivity contribution in [3.05, 3.63) is 59.7 Å². The third-order valence-corrected chi connectivity index (χ3v) is 3.95. The number of carbonyl (C=O) groups is 1. The number of nitrogens with zero attached hydrogens (tertiary/aromatic N) is 1. The summed E-state index contributed by atoms with van der Waals surface area (Å²) in [4.78, 5) is 14.2. The molecule has 1 aliphatic heterocycles. The molecule has 1 amide bonds. The van der Waals surface area contributed by atoms with Crippen LogP contribution >= 0.6 is 0 Å². The molecule has 0 spiro atoms. The van der Waals surface area contributed by atoms with Crippen LogP contribution in [0, 0.1) is 0 Å². The van der Waals surface area contributed by atoms with Crippen LogP contribution in [0.2, 0.25) is 0 Å². The number of hydrogen-bond acceptors (Lipinski definition) is 3. The van der Waals surface area contributed by atoms with Gasteiger partial charge in [-0.25, -0.2) is 0 Å². The van der Waals surface area contributed by atoms with Crippen molar-refractivity contribution in [3.8, 4) is 5.75 Å². The number of anilines is 1. The van der Waals surface area contributed by atoms with Crippen LogP contribution in [0.4, 0.5) is 5.69 Å². The largest absolute Gasteiger partial charge is 0.508 e. The van der Waals surface area contributed by atoms with Crippen molar-refractivity contribution in [3.63, 3.8) is 0 Å². The molecule has 1 aliphatic rings. The number of benzene rings is 2. The van der Waals surface area contributed by atoms with Crippen LogP contribution in [-0.2, 0) is 17.8 Å². The Labute approximate surface area is 124 Å². The third-order valence-electron chi connectivity index (χ3n) is 3.95. The van der Waals surface area contributed by atoms with Crippen LogP contribution in [0.15, 0.2) is 48.5 Å². The third kappa shape index (κ3) is 2.76. The van der Waals surface area contributed by atoms with Gasteiger partial charge in [0, 0.05) is 19.3 Å². The first kappa shape index (κ1) is 13.6. The van der Waals surface area contributed by atoms with Crippen molar-refractivity contribution < 1.29 is 9.90 Å². The summed E-state index contributed by atoms with van der Waals surface area (Å²) in [5.74, 6) is 0.236. The van der Waals surface area contributed by atoms with E-state index < -0.39 is 0 Å². The fraction of sp³-hybridized carbons (Fsp3) is 0.235. The molecular formula is C17H18N2O2. The highest BCUT2D eigenvalue weighted by molar-refractivity contribution is 5.97. The maximum atomic E-state index is 12.6. The number of carbonyl (C=O) groups excluding carboxylic acids is 1. The molecule has 0 aliphatic carbocycles. The molecule has 0 saturated heterocycles. The lowest BCUT2D eigenvalue weighted by Gasteiger charge is -2.29. The van der Waals surface area contributed by atoms with Crippen LogP contribution in [0.5, 0.6) is 5.75 Å². The minimum Gasteiger partial charge on any atom is -0.508 e. The Balaban J connectivity index is 1.75. The van der Waals surface area contributed by atoms with Gasteiger partial charge in [-0.3, -0.25) is 4.79 Å². The quantitative estimate of drug-likeness (QED) is 0.886. The van der Waals surface area contributed by atoms with E-state index in [2.05, 4.69) is 17.4 Å². The normalized spacial score (nSPS) is 17.1. The van der Waals surface area contributed by atoms with Crippen LogP contribution < -0.4 is 10.2 Å². The van der Waals surface area contributed by atoms with Gasteiger partial charge in [-0.15, -0.1) is 0 Å². The zero-order valence-corrected chi connectivity index (χ0v) is 11.9. The van der Waals surface area contributed by atoms with Crippen molar-refractivity contribution in [1.82, 2.24) is 5.32 Å². The number of phenolic OH excluding ortho intramolecular Hbond substituents is 1. The molecule has 0 bridgehead atoms. The van der Waals surface area contributed by atoms with Crippen LogP contribution in [0.25, 0.3) is 0 Å². The summed E-state index contributed by atoms with van der Waals surface area (Å²) in [6.07, 6.45) is 0.706. The van der Waals surface area contributed by atoms with E-state index in [1.165, 1.54) is 11.1 Å². The van der Waals surface area contributed by atoms with Gasteiger partial charge in [0.15, 0.2) is 0 Å². The molecule has 108 valence electrons. The van der Waals surface area contributed by atoms with Gasteiger partial charge in [0.25, 0.3) is 0 Å². The van der Waals surface area contributed by atoms with Gasteiger partial charge in [-0.2, -0.15) is 0 Å². The molecule has 1 heterocycles. The first-order chi connectivity index (χ1) is 10.1. The van der Waals surface area contributed by atoms with Crippen molar-refractivity contribution in [2.24, 2.45) is 0 Å². The number of aromatic hydroxyl groups is 1. The summed E-state index contributed by atoms with van der Waals surface area (Å²) in [6, 6.07) is 14.6. The summed E-state index contributed by atoms with van der Waals surface area (Å²) in [6.45, 7) is 0.718. The smallest absolute Gasteiger partial charge is 0.244 e. The molecule has 0 radical (unpaired) electrons. The van der Waals surface area contributed by atoms with Gasteiger partial charge in [-0.1, -0.05) is 24.3 Å². The highest BCUT2D eigenvalue weighted by Gasteiger charge is 2.26. The first-order valence-electron chi connectivity index (χ1n) is 7.02. The lowest BCUT2D eigenvalue weighted by atomic mass is 9.95. The molecule has 0 fully saturated rings. The van der Waals surface area contributed by atoms with E-state index in [1.54, 1.807) is 36.2 Å². The van der Waals surface area contributed by atoms with Gasteiger partial charge in [0.2, 0.25) is 5.91 Å². The second-order valence-corrected chi connectivity index (χ2v) is 5.32. The summed E-state index contributed by atoms with van der Waals surface area (Å²) >= 11 is 0. The van der Waals surface area contributed by atoms with E-state index >= 15 is 0 Å². The topological polar surface area (TPSA) is 52.6 Å². The molecule has 1 atom stereocenters. The average Bonchev–Trinajstić information content (AvgIpc) is 2.54. The molecule has 4 nitrogen and oxygen atoms in total. The Bertz CT molecular complexity index is 652. The molecule has 1 unspecified atom stereocenters. The Kier molecular flexibility index (Phi) is 3.62. The van der Waals surface area contributed by atoms with E-state index in [1.807, 2.05) is 12.1 Å². The van der Waals surface area contributed by atoms with Crippen molar-refractivity contribution in [2.45, 2.75) is 19.0 Å². The van der Waals surface area contributed by atoms with Gasteiger partial charge < -0.3 is 15.3 Å². The predicted molar refractivity (Wildman–Crippen MR) is 82.3 cm³/mol. The number of rotatable bonds is 2. The number of hydrogen-bond donors (Lipinski definition) is 2. The maximum Gasteiger partial charge on any atom is 0.244 e. The summed E-state index contributed by atoms with van der Waals surface area (Å²) < 4.78 is 0. The molecule has 3 rings (SSSR count). The Hall–Kier alpha value is -2.33. The second-order valence-electron chi connectivity index (χ2n) is 5.32. The Morgan fingerprint density at radius 2 is 1.81 bits per heavy atom. The first-order valence-corrected chi connectivity index (χ1v) is 7.02. The lowest BCUT2D eigenvalue weighted by Crippen LogP contribution is -2.48. The minimum atomic E-state index is -0.210. The zero-order chi connectivity index (χ0) is 14.8. The lowest BCUT2D eigenvalue weighted by molar-refractivity contribution is -0.120. The average molecular weight is 282 g/mol. The summed E-state index contributed by atoms with van der Waals surface area (Å²) in [5.41, 5.74) is 3.26. The molecule has 2 aromatic carbocycles. The van der Waals surface area contributed by atoms with Gasteiger partial charge >= 0.3 is 0 Å². The molecule has 2 N–H and O–H groups in total. The standard InChI is InChI=1S/C17H18N2O2/c1-19(14-6-8-15(20)9-7-14)17(21)16-10-12-4-2-3-5-13(12)11-18-16/h2-9,16,18,20H,10-11H2,1H3. The maximum absolute atomic E-state index is 12.6. The monoisotopic (exact) mass is 282 g/mol. The van der Waals surface area contributed by atoms with Crippen molar-refractivity contribution in [1.29, 1.82) is 0 Å². The molecule has 2 aromatic rings. The fourth-order valence-electron chi connectivity index (χ4n) is 2.67. The van der Waals surface area contributed by atoms with Gasteiger partial charge in [-0.05, 0) is 41.8 Å². The zero-order valence-electron chi connectivity index (χ0n) is 11.9. The molecule has 0 aromatic heterocycles. The van der Waals surface area contributed by atoms with Gasteiger partial charge in [0.1, 0.15) is 5.75 Å². The van der Waals surface area contributed by atoms with E-state index in [9.17, 15) is 9.90 Å². The molecule has 21 heavy (non-hydrogen) atoms. The Morgan fingerprint density at radius 1 is 1.14 bits per heavy atom. The Morgan fingerprint density at radius 3 is 2.52 bits per heavy atom. The number of nitrogens with one attached hydrogen (secondary N) is 1. The van der Waals surface area contributed by atoms with Crippen molar-refractivity contribution >= 4 is 11.6 Å². The molecular weight excluding hydrogens is 264 g/mol. The second kappa shape index (κ2) is 5.58. The number of phenols is 1. The summed E-state index contributed by atoms with van der Waals surface area (Å²) in [7, 11) is 1.76. The van der Waals surface area contributed by atoms with E-state index in [0.29, 0.717) is 6.42 Å². The van der Waals surface area contributed by atoms with Crippen molar-refractivity contribution in [2.75, 3.05) is 11.9 Å². The number of likely N-dealkylation sites (N-methyl/N-ethyl adjacent to an activating group) is 1. The van der Waals surface area contributed by atoms with Gasteiger partial charge in [0.05, 0.1) is 6.04 Å². The SMILES string of the molecule is CN(C(=O)C1Cc2ccccc2CN1)c1ccc(O)cc1. The molecule has 4 heteroatoms. The fourth-order valence-corrected chi connectivity index (χ4v) is 2.67. The predicted octanol–water partition coefficient (Wildman–Crippen LogP) is 2.07. The summed E-state index contributed by atoms with van der Waals surface area (Å²) in [5, 5.41) is 12.6. The van der Waals surface area contributed by atoms with Crippen LogP contribution in [0.3, 0.4) is 0 Å². The van der Waals surface area contributed by atoms with Crippen LogP contribution in [-0.4, -0.2) is 24.1 Å². The number of fused-ring (bicyclic) bond motifs is 1. The van der Waals surface area contributed by atoms with E-state index in [0.717, 1.165) is 12.2 Å². The highest BCUT2D eigenvalue weighted by Crippen LogP contribution is 2.21. The van der Waals surface area contributed by atoms with Crippen LogP contribution in [0.1, 0.15) is 11.1 Å². The highest BCUT2D eigenvalue weighted by atomic mass is 16.3. The number of amides is 1. The molecule has 0 saturated carbocycles. The van der Waals surface area contributed by atoms with E-state index in [4.69, 9.17) is 0 Å². The van der Waals surface area contributed by atoms with E-state index in [-0.39, 0.29) is 17.7 Å².